The van der Waals surface area contributed by atoms with Crippen molar-refractivity contribution in [2.45, 2.75) is 58.3 Å². The molecule has 0 bridgehead atoms. The molecule has 0 unspecified atom stereocenters. The van der Waals surface area contributed by atoms with E-state index in [1.54, 1.807) is 12.4 Å². The topological polar surface area (TPSA) is 54.4 Å². The molecule has 1 aromatic heterocycles. The van der Waals surface area contributed by atoms with Crippen molar-refractivity contribution < 1.29 is 4.79 Å². The maximum absolute atomic E-state index is 11.7. The maximum atomic E-state index is 11.7. The Morgan fingerprint density at radius 3 is 2.50 bits per heavy atom. The first-order valence-corrected chi connectivity index (χ1v) is 7.91. The molecule has 4 heteroatoms. The Balaban J connectivity index is 2.10. The van der Waals surface area contributed by atoms with Crippen molar-refractivity contribution in [3.05, 3.63) is 30.1 Å². The van der Waals surface area contributed by atoms with E-state index in [-0.39, 0.29) is 5.91 Å². The van der Waals surface area contributed by atoms with Gasteiger partial charge < -0.3 is 0 Å². The van der Waals surface area contributed by atoms with Crippen molar-refractivity contribution in [2.75, 3.05) is 0 Å². The van der Waals surface area contributed by atoms with Crippen LogP contribution in [0.25, 0.3) is 0 Å². The lowest BCUT2D eigenvalue weighted by molar-refractivity contribution is -0.121. The van der Waals surface area contributed by atoms with Gasteiger partial charge in [0.05, 0.1) is 5.71 Å². The third-order valence-electron chi connectivity index (χ3n) is 3.42. The van der Waals surface area contributed by atoms with Crippen LogP contribution in [0.3, 0.4) is 0 Å². The average Bonchev–Trinajstić information content (AvgIpc) is 2.56. The number of aromatic nitrogens is 1. The summed E-state index contributed by atoms with van der Waals surface area (Å²) in [6, 6.07) is 3.73. The first kappa shape index (κ1) is 17.9. The van der Waals surface area contributed by atoms with Crippen LogP contribution in [0.15, 0.2) is 29.6 Å². The first-order valence-electron chi connectivity index (χ1n) is 7.91. The minimum absolute atomic E-state index is 0.0271. The summed E-state index contributed by atoms with van der Waals surface area (Å²) >= 11 is 0. The fraction of sp³-hybridized carbons (Fsp3) is 0.500. The van der Waals surface area contributed by atoms with Crippen molar-refractivity contribution in [1.82, 2.24) is 10.4 Å². The van der Waals surface area contributed by atoms with Gasteiger partial charge in [-0.3, -0.25) is 9.78 Å². The average molecular weight is 299 g/mol. The zero-order valence-electron chi connectivity index (χ0n) is 13.3. The number of rotatable bonds is 10. The third kappa shape index (κ3) is 8.21. The van der Waals surface area contributed by atoms with E-state index in [9.17, 15) is 4.79 Å². The summed E-state index contributed by atoms with van der Waals surface area (Å²) in [5.74, 6) is 2.62. The van der Waals surface area contributed by atoms with Crippen LogP contribution in [-0.2, 0) is 4.79 Å². The Labute approximate surface area is 133 Å². The molecule has 0 saturated heterocycles. The van der Waals surface area contributed by atoms with Gasteiger partial charge in [-0.25, -0.2) is 5.43 Å². The number of carbonyl (C=O) groups excluding carboxylic acids is 1. The largest absolute Gasteiger partial charge is 0.273 e. The summed E-state index contributed by atoms with van der Waals surface area (Å²) in [7, 11) is 0. The molecule has 1 amide bonds. The number of carbonyl (C=O) groups is 1. The highest BCUT2D eigenvalue weighted by molar-refractivity contribution is 5.99. The van der Waals surface area contributed by atoms with E-state index in [2.05, 4.69) is 21.4 Å². The molecule has 0 radical (unpaired) electrons. The van der Waals surface area contributed by atoms with Crippen LogP contribution in [0.1, 0.15) is 63.9 Å². The summed E-state index contributed by atoms with van der Waals surface area (Å²) in [4.78, 5) is 15.7. The second-order valence-corrected chi connectivity index (χ2v) is 5.29. The van der Waals surface area contributed by atoms with Crippen LogP contribution in [0.2, 0.25) is 0 Å². The number of terminal acetylenes is 1. The van der Waals surface area contributed by atoms with E-state index in [1.165, 1.54) is 12.8 Å². The van der Waals surface area contributed by atoms with Crippen LogP contribution in [-0.4, -0.2) is 16.6 Å². The molecule has 0 spiro atoms. The smallest absolute Gasteiger partial charge is 0.240 e. The minimum Gasteiger partial charge on any atom is -0.273 e. The normalized spacial score (nSPS) is 11.0. The first-order chi connectivity index (χ1) is 10.7. The highest BCUT2D eigenvalue weighted by Gasteiger charge is 2.01. The van der Waals surface area contributed by atoms with Gasteiger partial charge in [0.15, 0.2) is 0 Å². The van der Waals surface area contributed by atoms with Crippen LogP contribution in [0, 0.1) is 12.3 Å². The number of nitrogens with zero attached hydrogens (tertiary/aromatic N) is 2. The number of pyridine rings is 1. The molecule has 0 aliphatic rings. The van der Waals surface area contributed by atoms with E-state index in [0.29, 0.717) is 6.42 Å². The fourth-order valence-corrected chi connectivity index (χ4v) is 2.08. The van der Waals surface area contributed by atoms with Gasteiger partial charge >= 0.3 is 0 Å². The van der Waals surface area contributed by atoms with Crippen LogP contribution in [0.4, 0.5) is 0 Å². The van der Waals surface area contributed by atoms with E-state index in [4.69, 9.17) is 6.42 Å². The van der Waals surface area contributed by atoms with Crippen molar-refractivity contribution in [3.8, 4) is 12.3 Å². The van der Waals surface area contributed by atoms with Crippen LogP contribution in [0.5, 0.6) is 0 Å². The standard InChI is InChI=1S/C18H25N3O/c1-3-4-5-6-7-8-9-10-11-18(22)21-20-16(2)17-12-14-19-15-13-17/h1,12-15H,4-11H2,2H3,(H,21,22). The molecule has 0 fully saturated rings. The highest BCUT2D eigenvalue weighted by atomic mass is 16.2. The molecule has 0 saturated carbocycles. The van der Waals surface area contributed by atoms with E-state index in [1.807, 2.05) is 19.1 Å². The molecular weight excluding hydrogens is 274 g/mol. The van der Waals surface area contributed by atoms with Crippen molar-refractivity contribution in [2.24, 2.45) is 5.10 Å². The molecule has 0 aliphatic heterocycles. The summed E-state index contributed by atoms with van der Waals surface area (Å²) in [5, 5.41) is 4.11. The lowest BCUT2D eigenvalue weighted by Crippen LogP contribution is -2.18. The second kappa shape index (κ2) is 11.5. The molecule has 118 valence electrons. The monoisotopic (exact) mass is 299 g/mol. The molecule has 4 nitrogen and oxygen atoms in total. The van der Waals surface area contributed by atoms with Gasteiger partial charge in [0.2, 0.25) is 5.91 Å². The molecule has 0 atom stereocenters. The predicted molar refractivity (Wildman–Crippen MR) is 90.4 cm³/mol. The summed E-state index contributed by atoms with van der Waals surface area (Å²) in [6.45, 7) is 1.87. The summed E-state index contributed by atoms with van der Waals surface area (Å²) < 4.78 is 0. The molecule has 0 aliphatic carbocycles. The molecule has 1 heterocycles. The Hall–Kier alpha value is -2.15. The third-order valence-corrected chi connectivity index (χ3v) is 3.42. The number of amides is 1. The van der Waals surface area contributed by atoms with Gasteiger partial charge in [-0.05, 0) is 31.9 Å². The van der Waals surface area contributed by atoms with E-state index in [0.717, 1.165) is 43.4 Å². The molecule has 1 N–H and O–H groups in total. The van der Waals surface area contributed by atoms with Crippen molar-refractivity contribution in [1.29, 1.82) is 0 Å². The zero-order valence-corrected chi connectivity index (χ0v) is 13.3. The summed E-state index contributed by atoms with van der Waals surface area (Å²) in [5.41, 5.74) is 4.35. The molecule has 1 rings (SSSR count). The predicted octanol–water partition coefficient (Wildman–Crippen LogP) is 3.68. The van der Waals surface area contributed by atoms with Gasteiger partial charge in [-0.1, -0.05) is 25.7 Å². The summed E-state index contributed by atoms with van der Waals surface area (Å²) in [6.07, 6.45) is 16.7. The quantitative estimate of drug-likeness (QED) is 0.310. The van der Waals surface area contributed by atoms with Gasteiger partial charge in [-0.15, -0.1) is 12.3 Å². The molecular formula is C18H25N3O. The van der Waals surface area contributed by atoms with E-state index >= 15 is 0 Å². The fourth-order valence-electron chi connectivity index (χ4n) is 2.08. The SMILES string of the molecule is C#CCCCCCCCCC(=O)NN=C(C)c1ccncc1. The Kier molecular flexibility index (Phi) is 9.36. The molecule has 22 heavy (non-hydrogen) atoms. The zero-order chi connectivity index (χ0) is 16.0. The number of unbranched alkanes of at least 4 members (excludes halogenated alkanes) is 6. The minimum atomic E-state index is -0.0271. The van der Waals surface area contributed by atoms with Gasteiger partial charge in [0.1, 0.15) is 0 Å². The Morgan fingerprint density at radius 2 is 1.82 bits per heavy atom. The van der Waals surface area contributed by atoms with Crippen molar-refractivity contribution in [3.63, 3.8) is 0 Å². The Morgan fingerprint density at radius 1 is 1.18 bits per heavy atom. The van der Waals surface area contributed by atoms with Crippen molar-refractivity contribution >= 4 is 11.6 Å². The maximum Gasteiger partial charge on any atom is 0.240 e. The number of nitrogens with one attached hydrogen (secondary N) is 1. The lowest BCUT2D eigenvalue weighted by atomic mass is 10.1. The number of hydrogen-bond donors (Lipinski definition) is 1. The van der Waals surface area contributed by atoms with Crippen LogP contribution >= 0.6 is 0 Å². The Bertz CT molecular complexity index is 503. The highest BCUT2D eigenvalue weighted by Crippen LogP contribution is 2.08. The molecule has 0 aromatic carbocycles. The molecule has 1 aromatic rings. The van der Waals surface area contributed by atoms with Gasteiger partial charge in [0, 0.05) is 30.8 Å². The van der Waals surface area contributed by atoms with Gasteiger partial charge in [-0.2, -0.15) is 5.10 Å². The number of hydrogen-bond acceptors (Lipinski definition) is 3. The lowest BCUT2D eigenvalue weighted by Gasteiger charge is -2.03. The number of hydrazone groups is 1. The van der Waals surface area contributed by atoms with Crippen LogP contribution < -0.4 is 5.43 Å². The second-order valence-electron chi connectivity index (χ2n) is 5.29. The van der Waals surface area contributed by atoms with E-state index < -0.39 is 0 Å². The van der Waals surface area contributed by atoms with Gasteiger partial charge in [0.25, 0.3) is 0 Å².